The molecule has 6 nitrogen and oxygen atoms in total. The number of imide groups is 1. The number of halogens is 1. The minimum absolute atomic E-state index is 0.243. The molecule has 2 aromatic rings. The molecule has 0 radical (unpaired) electrons. The number of hydrogen-bond donors (Lipinski definition) is 1. The van der Waals surface area contributed by atoms with Gasteiger partial charge in [-0.3, -0.25) is 9.69 Å². The quantitative estimate of drug-likeness (QED) is 0.863. The van der Waals surface area contributed by atoms with Gasteiger partial charge in [0.15, 0.2) is 6.10 Å². The average Bonchev–Trinajstić information content (AvgIpc) is 3.11. The van der Waals surface area contributed by atoms with Crippen LogP contribution in [-0.2, 0) is 9.53 Å². The molecule has 2 heterocycles. The number of esters is 1. The lowest BCUT2D eigenvalue weighted by molar-refractivity contribution is -0.136. The van der Waals surface area contributed by atoms with E-state index in [4.69, 9.17) is 4.74 Å². The number of hydrogen-bond acceptors (Lipinski definition) is 5. The monoisotopic (exact) mass is 350 g/mol. The van der Waals surface area contributed by atoms with Gasteiger partial charge in [0.2, 0.25) is 0 Å². The summed E-state index contributed by atoms with van der Waals surface area (Å²) in [6.45, 7) is 3.67. The number of nitrogens with one attached hydrogen (secondary N) is 1. The van der Waals surface area contributed by atoms with Crippen LogP contribution in [0.1, 0.15) is 22.2 Å². The minimum atomic E-state index is -1.10. The van der Waals surface area contributed by atoms with Crippen molar-refractivity contribution in [2.45, 2.75) is 20.0 Å². The van der Waals surface area contributed by atoms with Gasteiger partial charge in [0.1, 0.15) is 10.7 Å². The van der Waals surface area contributed by atoms with Crippen LogP contribution in [0.3, 0.4) is 0 Å². The number of carbonyl (C=O) groups excluding carboxylic acids is 3. The molecule has 0 saturated carbocycles. The fraction of sp³-hybridized carbons (Fsp3) is 0.312. The van der Waals surface area contributed by atoms with E-state index in [1.807, 2.05) is 0 Å². The highest BCUT2D eigenvalue weighted by Gasteiger charge is 2.32. The maximum atomic E-state index is 13.9. The van der Waals surface area contributed by atoms with Gasteiger partial charge in [0, 0.05) is 23.2 Å². The molecule has 1 atom stereocenters. The lowest BCUT2D eigenvalue weighted by Crippen LogP contribution is -2.41. The Hall–Kier alpha value is -2.48. The number of benzene rings is 1. The first-order valence-electron chi connectivity index (χ1n) is 7.38. The Labute approximate surface area is 141 Å². The molecule has 24 heavy (non-hydrogen) atoms. The van der Waals surface area contributed by atoms with E-state index >= 15 is 0 Å². The van der Waals surface area contributed by atoms with Crippen LogP contribution < -0.4 is 5.32 Å². The lowest BCUT2D eigenvalue weighted by Gasteiger charge is -2.17. The summed E-state index contributed by atoms with van der Waals surface area (Å²) in [6, 6.07) is 4.12. The second-order valence-corrected chi connectivity index (χ2v) is 6.49. The Morgan fingerprint density at radius 1 is 1.42 bits per heavy atom. The summed E-state index contributed by atoms with van der Waals surface area (Å²) in [5, 5.41) is 2.89. The molecule has 1 N–H and O–H groups in total. The highest BCUT2D eigenvalue weighted by atomic mass is 32.1. The van der Waals surface area contributed by atoms with E-state index in [0.717, 1.165) is 16.2 Å². The van der Waals surface area contributed by atoms with Gasteiger partial charge in [0.05, 0.1) is 0 Å². The number of fused-ring (bicyclic) bond motifs is 1. The van der Waals surface area contributed by atoms with Crippen LogP contribution >= 0.6 is 11.3 Å². The summed E-state index contributed by atoms with van der Waals surface area (Å²) >= 11 is 1.11. The third-order valence-electron chi connectivity index (χ3n) is 3.84. The normalized spacial score (nSPS) is 15.5. The molecule has 8 heteroatoms. The molecule has 1 aliphatic heterocycles. The van der Waals surface area contributed by atoms with Crippen molar-refractivity contribution in [2.24, 2.45) is 0 Å². The van der Waals surface area contributed by atoms with Gasteiger partial charge in [0.25, 0.3) is 5.91 Å². The first kappa shape index (κ1) is 16.4. The van der Waals surface area contributed by atoms with E-state index in [9.17, 15) is 18.8 Å². The molecule has 1 fully saturated rings. The zero-order chi connectivity index (χ0) is 17.4. The molecule has 3 amide bonds. The van der Waals surface area contributed by atoms with Crippen molar-refractivity contribution in [3.8, 4) is 0 Å². The fourth-order valence-electron chi connectivity index (χ4n) is 2.61. The van der Waals surface area contributed by atoms with Crippen LogP contribution in [0.2, 0.25) is 0 Å². The van der Waals surface area contributed by atoms with Crippen LogP contribution in [0, 0.1) is 12.7 Å². The molecular formula is C16H15FN2O4S. The molecule has 3 rings (SSSR count). The highest BCUT2D eigenvalue weighted by Crippen LogP contribution is 2.33. The number of aryl methyl sites for hydroxylation is 1. The Morgan fingerprint density at radius 3 is 2.79 bits per heavy atom. The zero-order valence-corrected chi connectivity index (χ0v) is 13.9. The summed E-state index contributed by atoms with van der Waals surface area (Å²) in [7, 11) is 0. The van der Waals surface area contributed by atoms with E-state index in [2.05, 4.69) is 5.32 Å². The highest BCUT2D eigenvalue weighted by molar-refractivity contribution is 7.21. The third-order valence-corrected chi connectivity index (χ3v) is 5.08. The molecule has 1 aromatic carbocycles. The molecule has 1 aromatic heterocycles. The molecular weight excluding hydrogens is 335 g/mol. The van der Waals surface area contributed by atoms with Gasteiger partial charge < -0.3 is 10.1 Å². The largest absolute Gasteiger partial charge is 0.448 e. The molecule has 126 valence electrons. The molecule has 0 spiro atoms. The smallest absolute Gasteiger partial charge is 0.349 e. The van der Waals surface area contributed by atoms with E-state index in [1.165, 1.54) is 13.0 Å². The van der Waals surface area contributed by atoms with Crippen LogP contribution in [0.5, 0.6) is 0 Å². The SMILES string of the molecule is Cc1c(C(=O)O[C@@H](C)C(=O)N2CCNC2=O)sc2cccc(F)c12. The van der Waals surface area contributed by atoms with Crippen LogP contribution in [0.25, 0.3) is 10.1 Å². The van der Waals surface area contributed by atoms with Gasteiger partial charge in [-0.15, -0.1) is 11.3 Å². The third kappa shape index (κ3) is 2.73. The second kappa shape index (κ2) is 6.20. The minimum Gasteiger partial charge on any atom is -0.448 e. The van der Waals surface area contributed by atoms with Gasteiger partial charge in [-0.05, 0) is 31.5 Å². The van der Waals surface area contributed by atoms with Crippen LogP contribution in [0.4, 0.5) is 9.18 Å². The van der Waals surface area contributed by atoms with E-state index in [-0.39, 0.29) is 11.4 Å². The Kier molecular flexibility index (Phi) is 4.23. The van der Waals surface area contributed by atoms with Gasteiger partial charge >= 0.3 is 12.0 Å². The number of carbonyl (C=O) groups is 3. The number of ether oxygens (including phenoxy) is 1. The van der Waals surface area contributed by atoms with Crippen molar-refractivity contribution in [3.63, 3.8) is 0 Å². The number of rotatable bonds is 3. The topological polar surface area (TPSA) is 75.7 Å². The van der Waals surface area contributed by atoms with Gasteiger partial charge in [-0.1, -0.05) is 6.07 Å². The van der Waals surface area contributed by atoms with Crippen molar-refractivity contribution >= 4 is 39.3 Å². The van der Waals surface area contributed by atoms with Crippen molar-refractivity contribution in [3.05, 3.63) is 34.5 Å². The van der Waals surface area contributed by atoms with Crippen LogP contribution in [-0.4, -0.2) is 42.0 Å². The molecule has 1 aliphatic rings. The summed E-state index contributed by atoms with van der Waals surface area (Å²) in [6.07, 6.45) is -1.10. The van der Waals surface area contributed by atoms with E-state index in [1.54, 1.807) is 19.1 Å². The number of urea groups is 1. The molecule has 0 unspecified atom stereocenters. The summed E-state index contributed by atoms with van der Waals surface area (Å²) < 4.78 is 19.7. The van der Waals surface area contributed by atoms with E-state index < -0.39 is 29.8 Å². The zero-order valence-electron chi connectivity index (χ0n) is 13.1. The second-order valence-electron chi connectivity index (χ2n) is 5.44. The predicted molar refractivity (Wildman–Crippen MR) is 86.5 cm³/mol. The summed E-state index contributed by atoms with van der Waals surface area (Å²) in [5.41, 5.74) is 0.483. The molecule has 1 saturated heterocycles. The standard InChI is InChI=1S/C16H15FN2O4S/c1-8-12-10(17)4-3-5-11(12)24-13(8)15(21)23-9(2)14(20)19-7-6-18-16(19)22/h3-5,9H,6-7H2,1-2H3,(H,18,22)/t9-/m0/s1. The van der Waals surface area contributed by atoms with E-state index in [0.29, 0.717) is 22.2 Å². The maximum absolute atomic E-state index is 13.9. The number of amides is 3. The summed E-state index contributed by atoms with van der Waals surface area (Å²) in [5.74, 6) is -1.69. The Morgan fingerprint density at radius 2 is 2.17 bits per heavy atom. The van der Waals surface area contributed by atoms with Gasteiger partial charge in [-0.2, -0.15) is 0 Å². The number of nitrogens with zero attached hydrogens (tertiary/aromatic N) is 1. The first-order chi connectivity index (χ1) is 11.4. The predicted octanol–water partition coefficient (Wildman–Crippen LogP) is 2.45. The first-order valence-corrected chi connectivity index (χ1v) is 8.19. The number of thiophene rings is 1. The van der Waals surface area contributed by atoms with Crippen molar-refractivity contribution < 1.29 is 23.5 Å². The lowest BCUT2D eigenvalue weighted by atomic mass is 10.1. The van der Waals surface area contributed by atoms with Crippen molar-refractivity contribution in [2.75, 3.05) is 13.1 Å². The van der Waals surface area contributed by atoms with Crippen LogP contribution in [0.15, 0.2) is 18.2 Å². The fourth-order valence-corrected chi connectivity index (χ4v) is 3.72. The molecule has 0 bridgehead atoms. The Balaban J connectivity index is 1.80. The van der Waals surface area contributed by atoms with Crippen molar-refractivity contribution in [1.29, 1.82) is 0 Å². The van der Waals surface area contributed by atoms with Crippen molar-refractivity contribution in [1.82, 2.24) is 10.2 Å². The molecule has 0 aliphatic carbocycles. The average molecular weight is 350 g/mol. The maximum Gasteiger partial charge on any atom is 0.349 e. The summed E-state index contributed by atoms with van der Waals surface area (Å²) in [4.78, 5) is 37.3. The Bertz CT molecular complexity index is 848. The van der Waals surface area contributed by atoms with Gasteiger partial charge in [-0.25, -0.2) is 14.0 Å².